The molecule has 0 aliphatic carbocycles. The zero-order valence-corrected chi connectivity index (χ0v) is 17.5. The van der Waals surface area contributed by atoms with Crippen LogP contribution in [0, 0.1) is 0 Å². The van der Waals surface area contributed by atoms with E-state index in [9.17, 15) is 24.3 Å². The molecule has 1 atom stereocenters. The summed E-state index contributed by atoms with van der Waals surface area (Å²) in [4.78, 5) is 51.6. The van der Waals surface area contributed by atoms with E-state index in [0.29, 0.717) is 35.6 Å². The molecule has 9 heteroatoms. The second-order valence-electron chi connectivity index (χ2n) is 7.12. The maximum Gasteiger partial charge on any atom is 0.326 e. The first-order valence-electron chi connectivity index (χ1n) is 9.83. The third-order valence-corrected chi connectivity index (χ3v) is 6.09. The molecular formula is C21H24N2O6S. The lowest BCUT2D eigenvalue weighted by atomic mass is 10.0. The number of aliphatic carboxylic acids is 1. The third-order valence-electron chi connectivity index (χ3n) is 5.18. The third kappa shape index (κ3) is 4.84. The minimum absolute atomic E-state index is 0.0943. The molecule has 30 heavy (non-hydrogen) atoms. The van der Waals surface area contributed by atoms with Crippen molar-refractivity contribution in [3.8, 4) is 5.75 Å². The van der Waals surface area contributed by atoms with Gasteiger partial charge in [-0.15, -0.1) is 0 Å². The van der Waals surface area contributed by atoms with Gasteiger partial charge in [-0.2, -0.15) is 0 Å². The molecule has 0 bridgehead atoms. The highest BCUT2D eigenvalue weighted by atomic mass is 32.2. The van der Waals surface area contributed by atoms with E-state index in [1.807, 2.05) is 12.1 Å². The number of carbonyl (C=O) groups is 4. The highest BCUT2D eigenvalue weighted by Crippen LogP contribution is 2.34. The maximum atomic E-state index is 12.6. The molecule has 160 valence electrons. The number of nitrogens with zero attached hydrogens (tertiary/aromatic N) is 2. The molecule has 0 radical (unpaired) electrons. The second kappa shape index (κ2) is 9.80. The summed E-state index contributed by atoms with van der Waals surface area (Å²) in [5.74, 6) is -1.04. The molecule has 2 fully saturated rings. The van der Waals surface area contributed by atoms with Crippen molar-refractivity contribution >= 4 is 40.9 Å². The Bertz CT molecular complexity index is 884. The Balaban J connectivity index is 1.59. The molecule has 1 aromatic rings. The highest BCUT2D eigenvalue weighted by molar-refractivity contribution is 8.18. The summed E-state index contributed by atoms with van der Waals surface area (Å²) >= 11 is 0.857. The first-order valence-corrected chi connectivity index (χ1v) is 10.6. The SMILES string of the molecule is COc1ccccc1/C=C1\SC(=O)N(CCCC(=O)N2CCCCC2C(=O)O)C1=O. The number of benzene rings is 1. The van der Waals surface area contributed by atoms with Gasteiger partial charge in [0.2, 0.25) is 5.91 Å². The average molecular weight is 432 g/mol. The Hall–Kier alpha value is -2.81. The molecule has 2 heterocycles. The lowest BCUT2D eigenvalue weighted by molar-refractivity contribution is -0.152. The van der Waals surface area contributed by atoms with Crippen LogP contribution in [0.2, 0.25) is 0 Å². The molecule has 0 saturated carbocycles. The molecular weight excluding hydrogens is 408 g/mol. The summed E-state index contributed by atoms with van der Waals surface area (Å²) in [6.07, 6.45) is 4.04. The second-order valence-corrected chi connectivity index (χ2v) is 8.11. The summed E-state index contributed by atoms with van der Waals surface area (Å²) in [5, 5.41) is 8.92. The minimum atomic E-state index is -0.990. The molecule has 2 saturated heterocycles. The Labute approximate surface area is 178 Å². The lowest BCUT2D eigenvalue weighted by Crippen LogP contribution is -2.48. The number of methoxy groups -OCH3 is 1. The van der Waals surface area contributed by atoms with Gasteiger partial charge in [0, 0.05) is 25.1 Å². The van der Waals surface area contributed by atoms with Crippen molar-refractivity contribution < 1.29 is 29.0 Å². The molecule has 2 aliphatic heterocycles. The van der Waals surface area contributed by atoms with Crippen LogP contribution in [-0.2, 0) is 14.4 Å². The summed E-state index contributed by atoms with van der Waals surface area (Å²) in [5.41, 5.74) is 0.700. The van der Waals surface area contributed by atoms with E-state index in [-0.39, 0.29) is 24.1 Å². The Morgan fingerprint density at radius 2 is 2.03 bits per heavy atom. The van der Waals surface area contributed by atoms with E-state index >= 15 is 0 Å². The molecule has 1 N–H and O–H groups in total. The number of hydrogen-bond acceptors (Lipinski definition) is 6. The van der Waals surface area contributed by atoms with Crippen LogP contribution in [0.1, 0.15) is 37.7 Å². The predicted molar refractivity (Wildman–Crippen MR) is 112 cm³/mol. The van der Waals surface area contributed by atoms with Crippen LogP contribution in [-0.4, -0.2) is 64.2 Å². The molecule has 3 amide bonds. The molecule has 1 aromatic carbocycles. The standard InChI is InChI=1S/C21H24N2O6S/c1-29-16-9-3-2-7-14(16)13-17-19(25)23(21(28)30-17)12-6-10-18(24)22-11-5-4-8-15(22)20(26)27/h2-3,7,9,13,15H,4-6,8,10-12H2,1H3,(H,26,27)/b17-13-. The molecule has 3 rings (SSSR count). The Morgan fingerprint density at radius 3 is 2.77 bits per heavy atom. The number of carboxylic acid groups (broad SMARTS) is 1. The number of ether oxygens (including phenoxy) is 1. The Kier molecular flexibility index (Phi) is 7.15. The first-order chi connectivity index (χ1) is 14.4. The topological polar surface area (TPSA) is 104 Å². The van der Waals surface area contributed by atoms with Crippen molar-refractivity contribution in [1.29, 1.82) is 0 Å². The van der Waals surface area contributed by atoms with Crippen molar-refractivity contribution in [3.63, 3.8) is 0 Å². The fraction of sp³-hybridized carbons (Fsp3) is 0.429. The molecule has 2 aliphatic rings. The largest absolute Gasteiger partial charge is 0.496 e. The number of imide groups is 1. The van der Waals surface area contributed by atoms with Crippen molar-refractivity contribution in [2.45, 2.75) is 38.1 Å². The van der Waals surface area contributed by atoms with Crippen molar-refractivity contribution in [1.82, 2.24) is 9.80 Å². The lowest BCUT2D eigenvalue weighted by Gasteiger charge is -2.33. The number of carboxylic acids is 1. The van der Waals surface area contributed by atoms with Gasteiger partial charge in [-0.25, -0.2) is 4.79 Å². The van der Waals surface area contributed by atoms with Crippen LogP contribution >= 0.6 is 11.8 Å². The van der Waals surface area contributed by atoms with Crippen LogP contribution in [0.5, 0.6) is 5.75 Å². The van der Waals surface area contributed by atoms with Gasteiger partial charge in [-0.1, -0.05) is 18.2 Å². The fourth-order valence-corrected chi connectivity index (χ4v) is 4.49. The van der Waals surface area contributed by atoms with Crippen LogP contribution < -0.4 is 4.74 Å². The monoisotopic (exact) mass is 432 g/mol. The zero-order valence-electron chi connectivity index (χ0n) is 16.7. The number of piperidine rings is 1. The van der Waals surface area contributed by atoms with Crippen molar-refractivity contribution in [2.24, 2.45) is 0 Å². The van der Waals surface area contributed by atoms with Gasteiger partial charge < -0.3 is 14.7 Å². The van der Waals surface area contributed by atoms with E-state index < -0.39 is 17.9 Å². The first kappa shape index (κ1) is 21.9. The highest BCUT2D eigenvalue weighted by Gasteiger charge is 2.36. The molecule has 8 nitrogen and oxygen atoms in total. The summed E-state index contributed by atoms with van der Waals surface area (Å²) < 4.78 is 5.27. The number of para-hydroxylation sites is 1. The number of rotatable bonds is 7. The quantitative estimate of drug-likeness (QED) is 0.661. The summed E-state index contributed by atoms with van der Waals surface area (Å²) in [6.45, 7) is 0.546. The fourth-order valence-electron chi connectivity index (χ4n) is 3.64. The maximum absolute atomic E-state index is 12.6. The van der Waals surface area contributed by atoms with E-state index in [4.69, 9.17) is 4.74 Å². The van der Waals surface area contributed by atoms with Gasteiger partial charge in [-0.3, -0.25) is 19.3 Å². The van der Waals surface area contributed by atoms with Gasteiger partial charge in [0.15, 0.2) is 0 Å². The van der Waals surface area contributed by atoms with Crippen LogP contribution in [0.25, 0.3) is 6.08 Å². The number of thioether (sulfide) groups is 1. The molecule has 1 unspecified atom stereocenters. The normalized spacial score (nSPS) is 20.7. The smallest absolute Gasteiger partial charge is 0.326 e. The van der Waals surface area contributed by atoms with Crippen molar-refractivity contribution in [3.05, 3.63) is 34.7 Å². The van der Waals surface area contributed by atoms with Gasteiger partial charge in [0.1, 0.15) is 11.8 Å². The van der Waals surface area contributed by atoms with Gasteiger partial charge in [-0.05, 0) is 49.6 Å². The van der Waals surface area contributed by atoms with E-state index in [1.54, 1.807) is 18.2 Å². The Morgan fingerprint density at radius 1 is 1.27 bits per heavy atom. The zero-order chi connectivity index (χ0) is 21.7. The number of carbonyl (C=O) groups excluding carboxylic acids is 3. The number of likely N-dealkylation sites (tertiary alicyclic amines) is 1. The van der Waals surface area contributed by atoms with E-state index in [2.05, 4.69) is 0 Å². The minimum Gasteiger partial charge on any atom is -0.496 e. The van der Waals surface area contributed by atoms with Gasteiger partial charge >= 0.3 is 5.97 Å². The van der Waals surface area contributed by atoms with Gasteiger partial charge in [0.05, 0.1) is 12.0 Å². The number of hydrogen-bond donors (Lipinski definition) is 1. The van der Waals surface area contributed by atoms with Crippen molar-refractivity contribution in [2.75, 3.05) is 20.2 Å². The van der Waals surface area contributed by atoms with Gasteiger partial charge in [0.25, 0.3) is 11.1 Å². The average Bonchev–Trinajstić information content (AvgIpc) is 3.01. The molecule has 0 aromatic heterocycles. The summed E-state index contributed by atoms with van der Waals surface area (Å²) in [7, 11) is 1.53. The molecule has 0 spiro atoms. The van der Waals surface area contributed by atoms with Crippen LogP contribution in [0.4, 0.5) is 4.79 Å². The predicted octanol–water partition coefficient (Wildman–Crippen LogP) is 2.98. The summed E-state index contributed by atoms with van der Waals surface area (Å²) in [6, 6.07) is 6.41. The van der Waals surface area contributed by atoms with Crippen LogP contribution in [0.15, 0.2) is 29.2 Å². The van der Waals surface area contributed by atoms with E-state index in [0.717, 1.165) is 29.5 Å². The number of amides is 3. The van der Waals surface area contributed by atoms with E-state index in [1.165, 1.54) is 12.0 Å². The van der Waals surface area contributed by atoms with Crippen LogP contribution in [0.3, 0.4) is 0 Å².